The average molecular weight is 327 g/mol. The summed E-state index contributed by atoms with van der Waals surface area (Å²) in [6, 6.07) is 0. The van der Waals surface area contributed by atoms with Crippen molar-refractivity contribution in [2.75, 3.05) is 13.1 Å². The van der Waals surface area contributed by atoms with Gasteiger partial charge in [0.15, 0.2) is 0 Å². The molecule has 0 bridgehead atoms. The number of carbonyl (C=O) groups excluding carboxylic acids is 2. The lowest BCUT2D eigenvalue weighted by Gasteiger charge is -2.30. The van der Waals surface area contributed by atoms with Crippen LogP contribution in [0, 0.1) is 22.7 Å². The maximum atomic E-state index is 12.1. The molecule has 4 nitrogen and oxygen atoms in total. The first kappa shape index (κ1) is 21.9. The van der Waals surface area contributed by atoms with Crippen LogP contribution in [-0.2, 0) is 9.59 Å². The van der Waals surface area contributed by atoms with Crippen molar-refractivity contribution in [3.05, 3.63) is 0 Å². The lowest BCUT2D eigenvalue weighted by molar-refractivity contribution is -0.128. The van der Waals surface area contributed by atoms with Crippen molar-refractivity contribution in [2.24, 2.45) is 22.7 Å². The number of hydrogen-bond acceptors (Lipinski definition) is 2. The Morgan fingerprint density at radius 1 is 0.783 bits per heavy atom. The number of hydrogen-bond donors (Lipinski definition) is 2. The third-order valence-corrected chi connectivity index (χ3v) is 5.91. The Balaban J connectivity index is 4.07. The molecule has 4 heteroatoms. The van der Waals surface area contributed by atoms with E-state index >= 15 is 0 Å². The Morgan fingerprint density at radius 3 is 1.35 bits per heavy atom. The van der Waals surface area contributed by atoms with E-state index in [9.17, 15) is 9.59 Å². The summed E-state index contributed by atoms with van der Waals surface area (Å²) in [6.07, 6.45) is 2.71. The van der Waals surface area contributed by atoms with E-state index in [1.54, 1.807) is 0 Å². The van der Waals surface area contributed by atoms with Gasteiger partial charge in [-0.3, -0.25) is 9.59 Å². The highest BCUT2D eigenvalue weighted by atomic mass is 16.2. The van der Waals surface area contributed by atoms with Gasteiger partial charge < -0.3 is 10.6 Å². The second-order valence-electron chi connectivity index (χ2n) is 8.06. The minimum Gasteiger partial charge on any atom is -0.356 e. The van der Waals surface area contributed by atoms with Crippen molar-refractivity contribution < 1.29 is 9.59 Å². The Bertz CT molecular complexity index is 353. The number of amides is 2. The molecule has 2 amide bonds. The van der Waals surface area contributed by atoms with E-state index in [0.717, 1.165) is 19.3 Å². The molecule has 0 aromatic carbocycles. The normalized spacial score (nSPS) is 15.0. The number of carbonyl (C=O) groups is 2. The maximum absolute atomic E-state index is 12.1. The number of rotatable bonds is 10. The summed E-state index contributed by atoms with van der Waals surface area (Å²) in [5.74, 6) is 0.187. The predicted molar refractivity (Wildman–Crippen MR) is 97.1 cm³/mol. The molecular weight excluding hydrogens is 288 g/mol. The van der Waals surface area contributed by atoms with E-state index in [1.165, 1.54) is 0 Å². The first-order chi connectivity index (χ1) is 10.5. The molecule has 0 aliphatic rings. The first-order valence-electron chi connectivity index (χ1n) is 9.05. The van der Waals surface area contributed by atoms with Crippen molar-refractivity contribution >= 4 is 11.8 Å². The molecule has 0 heterocycles. The van der Waals surface area contributed by atoms with Crippen molar-refractivity contribution in [1.82, 2.24) is 10.6 Å². The monoisotopic (exact) mass is 326 g/mol. The van der Waals surface area contributed by atoms with E-state index in [4.69, 9.17) is 0 Å². The van der Waals surface area contributed by atoms with Gasteiger partial charge in [0.05, 0.1) is 0 Å². The van der Waals surface area contributed by atoms with Crippen LogP contribution in [0.5, 0.6) is 0 Å². The number of nitrogens with one attached hydrogen (secondary N) is 2. The molecule has 136 valence electrons. The van der Waals surface area contributed by atoms with E-state index in [2.05, 4.69) is 52.2 Å². The zero-order valence-electron chi connectivity index (χ0n) is 16.5. The van der Waals surface area contributed by atoms with Gasteiger partial charge in [-0.1, -0.05) is 68.2 Å². The summed E-state index contributed by atoms with van der Waals surface area (Å²) in [5.41, 5.74) is 0.0267. The molecule has 0 rings (SSSR count). The summed E-state index contributed by atoms with van der Waals surface area (Å²) in [7, 11) is 0. The summed E-state index contributed by atoms with van der Waals surface area (Å²) in [6.45, 7) is 17.9. The van der Waals surface area contributed by atoms with Gasteiger partial charge in [0, 0.05) is 24.9 Å². The molecular formula is C19H38N2O2. The van der Waals surface area contributed by atoms with Gasteiger partial charge in [-0.2, -0.15) is 0 Å². The highest BCUT2D eigenvalue weighted by molar-refractivity contribution is 5.79. The largest absolute Gasteiger partial charge is 0.356 e. The lowest BCUT2D eigenvalue weighted by Crippen LogP contribution is -2.40. The van der Waals surface area contributed by atoms with Crippen LogP contribution >= 0.6 is 0 Å². The molecule has 0 aromatic heterocycles. The van der Waals surface area contributed by atoms with Gasteiger partial charge in [0.25, 0.3) is 0 Å². The van der Waals surface area contributed by atoms with Crippen LogP contribution in [0.3, 0.4) is 0 Å². The fraction of sp³-hybridized carbons (Fsp3) is 0.895. The molecule has 2 unspecified atom stereocenters. The lowest BCUT2D eigenvalue weighted by atomic mass is 9.77. The summed E-state index contributed by atoms with van der Waals surface area (Å²) < 4.78 is 0. The molecule has 0 spiro atoms. The van der Waals surface area contributed by atoms with Crippen molar-refractivity contribution in [1.29, 1.82) is 0 Å². The van der Waals surface area contributed by atoms with Crippen LogP contribution in [0.2, 0.25) is 0 Å². The van der Waals surface area contributed by atoms with Crippen molar-refractivity contribution in [3.63, 3.8) is 0 Å². The third-order valence-electron chi connectivity index (χ3n) is 5.91. The molecule has 2 atom stereocenters. The Kier molecular flexibility index (Phi) is 8.86. The fourth-order valence-corrected chi connectivity index (χ4v) is 2.14. The van der Waals surface area contributed by atoms with Crippen molar-refractivity contribution in [3.8, 4) is 0 Å². The second kappa shape index (κ2) is 9.29. The molecule has 0 radical (unpaired) electrons. The minimum atomic E-state index is -0.00698. The van der Waals surface area contributed by atoms with Crippen LogP contribution in [0.25, 0.3) is 0 Å². The molecule has 0 aliphatic carbocycles. The van der Waals surface area contributed by atoms with Gasteiger partial charge in [-0.15, -0.1) is 0 Å². The summed E-state index contributed by atoms with van der Waals surface area (Å²) in [4.78, 5) is 24.3. The smallest absolute Gasteiger partial charge is 0.223 e. The summed E-state index contributed by atoms with van der Waals surface area (Å²) in [5, 5.41) is 5.95. The third kappa shape index (κ3) is 6.92. The SMILES string of the molecule is CCC(C)(C)C(C)C(=O)NCCCNC(=O)C(C)C(C)(C)CC. The quantitative estimate of drug-likeness (QED) is 0.601. The molecule has 0 fully saturated rings. The van der Waals surface area contributed by atoms with Crippen LogP contribution < -0.4 is 10.6 Å². The molecule has 2 N–H and O–H groups in total. The fourth-order valence-electron chi connectivity index (χ4n) is 2.14. The molecule has 0 saturated carbocycles. The van der Waals surface area contributed by atoms with Gasteiger partial charge >= 0.3 is 0 Å². The second-order valence-corrected chi connectivity index (χ2v) is 8.06. The standard InChI is InChI=1S/C19H38N2O2/c1-9-18(5,6)14(3)16(22)20-12-11-13-21-17(23)15(4)19(7,8)10-2/h14-15H,9-13H2,1-8H3,(H,20,22)(H,21,23). The van der Waals surface area contributed by atoms with Crippen LogP contribution in [0.1, 0.15) is 74.7 Å². The zero-order valence-corrected chi connectivity index (χ0v) is 16.5. The Morgan fingerprint density at radius 2 is 1.09 bits per heavy atom. The van der Waals surface area contributed by atoms with Crippen molar-refractivity contribution in [2.45, 2.75) is 74.7 Å². The highest BCUT2D eigenvalue weighted by Crippen LogP contribution is 2.30. The first-order valence-corrected chi connectivity index (χ1v) is 9.05. The Hall–Kier alpha value is -1.06. The van der Waals surface area contributed by atoms with Crippen LogP contribution in [0.4, 0.5) is 0 Å². The van der Waals surface area contributed by atoms with E-state index < -0.39 is 0 Å². The van der Waals surface area contributed by atoms with Gasteiger partial charge in [0.2, 0.25) is 11.8 Å². The topological polar surface area (TPSA) is 58.2 Å². The highest BCUT2D eigenvalue weighted by Gasteiger charge is 2.30. The Labute approximate surface area is 143 Å². The van der Waals surface area contributed by atoms with E-state index in [1.807, 2.05) is 13.8 Å². The van der Waals surface area contributed by atoms with Gasteiger partial charge in [-0.25, -0.2) is 0 Å². The predicted octanol–water partition coefficient (Wildman–Crippen LogP) is 3.75. The molecule has 0 aliphatic heterocycles. The van der Waals surface area contributed by atoms with Crippen LogP contribution in [0.15, 0.2) is 0 Å². The average Bonchev–Trinajstić information content (AvgIpc) is 2.52. The van der Waals surface area contributed by atoms with Gasteiger partial charge in [-0.05, 0) is 17.3 Å². The van der Waals surface area contributed by atoms with Crippen LogP contribution in [-0.4, -0.2) is 24.9 Å². The van der Waals surface area contributed by atoms with E-state index in [-0.39, 0.29) is 34.5 Å². The van der Waals surface area contributed by atoms with Gasteiger partial charge in [0.1, 0.15) is 0 Å². The molecule has 0 aromatic rings. The van der Waals surface area contributed by atoms with E-state index in [0.29, 0.717) is 13.1 Å². The molecule has 0 saturated heterocycles. The zero-order chi connectivity index (χ0) is 18.3. The maximum Gasteiger partial charge on any atom is 0.223 e. The minimum absolute atomic E-state index is 0.00698. The summed E-state index contributed by atoms with van der Waals surface area (Å²) >= 11 is 0. The molecule has 23 heavy (non-hydrogen) atoms.